The topological polar surface area (TPSA) is 44.5 Å². The molecule has 1 aromatic heterocycles. The van der Waals surface area contributed by atoms with Crippen LogP contribution in [-0.4, -0.2) is 13.2 Å². The van der Waals surface area contributed by atoms with Gasteiger partial charge in [0, 0.05) is 0 Å². The van der Waals surface area contributed by atoms with Gasteiger partial charge in [0.1, 0.15) is 18.2 Å². The summed E-state index contributed by atoms with van der Waals surface area (Å²) in [5, 5.41) is 0.738. The summed E-state index contributed by atoms with van der Waals surface area (Å²) in [5.41, 5.74) is 5.75. The molecule has 2 rings (SSSR count). The molecule has 0 saturated heterocycles. The Morgan fingerprint density at radius 2 is 2.00 bits per heavy atom. The fourth-order valence-corrected chi connectivity index (χ4v) is 2.17. The minimum absolute atomic E-state index is 0.608. The van der Waals surface area contributed by atoms with E-state index in [1.165, 1.54) is 4.88 Å². The molecule has 0 bridgehead atoms. The Morgan fingerprint density at radius 1 is 1.33 bits per heavy atom. The maximum atomic E-state index is 5.75. The molecule has 2 heterocycles. The quantitative estimate of drug-likeness (QED) is 0.723. The van der Waals surface area contributed by atoms with Gasteiger partial charge in [-0.3, -0.25) is 0 Å². The normalized spacial score (nSPS) is 14.8. The second-order valence-corrected chi connectivity index (χ2v) is 3.73. The maximum absolute atomic E-state index is 5.75. The van der Waals surface area contributed by atoms with Crippen LogP contribution in [0.3, 0.4) is 0 Å². The van der Waals surface area contributed by atoms with Gasteiger partial charge in [0.05, 0.1) is 4.88 Å². The van der Waals surface area contributed by atoms with E-state index in [1.807, 2.05) is 0 Å². The Hall–Kier alpha value is -0.900. The van der Waals surface area contributed by atoms with Gasteiger partial charge < -0.3 is 15.2 Å². The van der Waals surface area contributed by atoms with Gasteiger partial charge >= 0.3 is 0 Å². The molecule has 0 aliphatic carbocycles. The summed E-state index contributed by atoms with van der Waals surface area (Å²) in [5.74, 6) is 1.62. The van der Waals surface area contributed by atoms with Crippen LogP contribution in [0.4, 0.5) is 5.00 Å². The minimum atomic E-state index is 0.608. The van der Waals surface area contributed by atoms with Crippen molar-refractivity contribution in [1.29, 1.82) is 0 Å². The molecular formula is C8H11NO2S. The van der Waals surface area contributed by atoms with E-state index >= 15 is 0 Å². The third-order valence-electron chi connectivity index (χ3n) is 1.81. The first-order valence-electron chi connectivity index (χ1n) is 3.99. The van der Waals surface area contributed by atoms with Crippen molar-refractivity contribution in [2.24, 2.45) is 0 Å². The number of nitrogens with two attached hydrogens (primary N) is 1. The number of fused-ring (bicyclic) bond motifs is 1. The standard InChI is InChI=1S/C8H11NO2S/c1-2-5-6-7(8(9)12-5)11-4-3-10-6/h2-4,9H2,1H3. The van der Waals surface area contributed by atoms with Crippen LogP contribution in [0.2, 0.25) is 0 Å². The first-order chi connectivity index (χ1) is 5.83. The first-order valence-corrected chi connectivity index (χ1v) is 4.81. The van der Waals surface area contributed by atoms with E-state index < -0.39 is 0 Å². The zero-order valence-corrected chi connectivity index (χ0v) is 7.74. The molecule has 4 heteroatoms. The molecule has 0 radical (unpaired) electrons. The second-order valence-electron chi connectivity index (χ2n) is 2.60. The van der Waals surface area contributed by atoms with Crippen molar-refractivity contribution < 1.29 is 9.47 Å². The maximum Gasteiger partial charge on any atom is 0.195 e. The zero-order valence-electron chi connectivity index (χ0n) is 6.92. The number of rotatable bonds is 1. The predicted octanol–water partition coefficient (Wildman–Crippen LogP) is 1.66. The van der Waals surface area contributed by atoms with Crippen LogP contribution >= 0.6 is 11.3 Å². The van der Waals surface area contributed by atoms with Crippen LogP contribution in [-0.2, 0) is 6.42 Å². The van der Waals surface area contributed by atoms with E-state index in [4.69, 9.17) is 15.2 Å². The largest absolute Gasteiger partial charge is 0.485 e. The van der Waals surface area contributed by atoms with Crippen molar-refractivity contribution >= 4 is 16.3 Å². The summed E-state index contributed by atoms with van der Waals surface area (Å²) in [6, 6.07) is 0. The van der Waals surface area contributed by atoms with Crippen LogP contribution in [0.5, 0.6) is 11.5 Å². The van der Waals surface area contributed by atoms with Gasteiger partial charge in [-0.2, -0.15) is 0 Å². The number of nitrogen functional groups attached to an aromatic ring is 1. The third-order valence-corrected chi connectivity index (χ3v) is 2.94. The number of anilines is 1. The Labute approximate surface area is 75.1 Å². The number of hydrogen-bond donors (Lipinski definition) is 1. The lowest BCUT2D eigenvalue weighted by Crippen LogP contribution is -2.15. The zero-order chi connectivity index (χ0) is 8.55. The highest BCUT2D eigenvalue weighted by molar-refractivity contribution is 7.16. The number of thiophene rings is 1. The molecule has 0 spiro atoms. The minimum Gasteiger partial charge on any atom is -0.485 e. The molecule has 66 valence electrons. The van der Waals surface area contributed by atoms with E-state index in [0.717, 1.165) is 22.9 Å². The SMILES string of the molecule is CCc1sc(N)c2c1OCCO2. The van der Waals surface area contributed by atoms with Crippen LogP contribution in [0.15, 0.2) is 0 Å². The fraction of sp³-hybridized carbons (Fsp3) is 0.500. The molecule has 0 unspecified atom stereocenters. The summed E-state index contributed by atoms with van der Waals surface area (Å²) < 4.78 is 10.9. The lowest BCUT2D eigenvalue weighted by atomic mass is 10.3. The highest BCUT2D eigenvalue weighted by atomic mass is 32.1. The molecule has 0 fully saturated rings. The van der Waals surface area contributed by atoms with Gasteiger partial charge in [-0.25, -0.2) is 0 Å². The van der Waals surface area contributed by atoms with E-state index in [2.05, 4.69) is 6.92 Å². The van der Waals surface area contributed by atoms with E-state index in [1.54, 1.807) is 11.3 Å². The van der Waals surface area contributed by atoms with E-state index in [-0.39, 0.29) is 0 Å². The Bertz CT molecular complexity index is 295. The monoisotopic (exact) mass is 185 g/mol. The van der Waals surface area contributed by atoms with E-state index in [0.29, 0.717) is 13.2 Å². The highest BCUT2D eigenvalue weighted by Gasteiger charge is 2.21. The van der Waals surface area contributed by atoms with Gasteiger partial charge in [-0.1, -0.05) is 6.92 Å². The van der Waals surface area contributed by atoms with Gasteiger partial charge in [0.15, 0.2) is 11.5 Å². The van der Waals surface area contributed by atoms with Gasteiger partial charge in [-0.15, -0.1) is 11.3 Å². The number of aryl methyl sites for hydroxylation is 1. The molecule has 1 aromatic rings. The van der Waals surface area contributed by atoms with Gasteiger partial charge in [-0.05, 0) is 6.42 Å². The second kappa shape index (κ2) is 2.86. The highest BCUT2D eigenvalue weighted by Crippen LogP contribution is 2.45. The third kappa shape index (κ3) is 1.03. The van der Waals surface area contributed by atoms with Crippen molar-refractivity contribution in [2.45, 2.75) is 13.3 Å². The van der Waals surface area contributed by atoms with Gasteiger partial charge in [0.2, 0.25) is 0 Å². The molecule has 2 N–H and O–H groups in total. The molecule has 0 saturated carbocycles. The molecule has 0 atom stereocenters. The molecule has 12 heavy (non-hydrogen) atoms. The lowest BCUT2D eigenvalue weighted by molar-refractivity contribution is 0.173. The smallest absolute Gasteiger partial charge is 0.195 e. The summed E-state index contributed by atoms with van der Waals surface area (Å²) in [4.78, 5) is 1.18. The summed E-state index contributed by atoms with van der Waals surface area (Å²) in [6.07, 6.45) is 0.952. The van der Waals surface area contributed by atoms with Crippen molar-refractivity contribution in [3.05, 3.63) is 4.88 Å². The molecule has 1 aliphatic heterocycles. The summed E-state index contributed by atoms with van der Waals surface area (Å²) in [6.45, 7) is 3.33. The molecule has 1 aliphatic rings. The van der Waals surface area contributed by atoms with Crippen LogP contribution in [0, 0.1) is 0 Å². The van der Waals surface area contributed by atoms with E-state index in [9.17, 15) is 0 Å². The van der Waals surface area contributed by atoms with Crippen molar-refractivity contribution in [2.75, 3.05) is 18.9 Å². The molecule has 0 amide bonds. The number of hydrogen-bond acceptors (Lipinski definition) is 4. The predicted molar refractivity (Wildman–Crippen MR) is 49.1 cm³/mol. The average Bonchev–Trinajstić information content (AvgIpc) is 2.44. The lowest BCUT2D eigenvalue weighted by Gasteiger charge is -2.15. The Balaban J connectivity index is 2.47. The molecule has 3 nitrogen and oxygen atoms in total. The molecular weight excluding hydrogens is 174 g/mol. The van der Waals surface area contributed by atoms with Crippen LogP contribution in [0.25, 0.3) is 0 Å². The van der Waals surface area contributed by atoms with Gasteiger partial charge in [0.25, 0.3) is 0 Å². The van der Waals surface area contributed by atoms with Crippen LogP contribution in [0.1, 0.15) is 11.8 Å². The van der Waals surface area contributed by atoms with Crippen molar-refractivity contribution in [3.8, 4) is 11.5 Å². The van der Waals surface area contributed by atoms with Crippen molar-refractivity contribution in [1.82, 2.24) is 0 Å². The van der Waals surface area contributed by atoms with Crippen molar-refractivity contribution in [3.63, 3.8) is 0 Å². The summed E-state index contributed by atoms with van der Waals surface area (Å²) in [7, 11) is 0. The Kier molecular flexibility index (Phi) is 1.84. The molecule has 0 aromatic carbocycles. The average molecular weight is 185 g/mol. The fourth-order valence-electron chi connectivity index (χ4n) is 1.27. The first kappa shape index (κ1) is 7.73. The Morgan fingerprint density at radius 3 is 2.67 bits per heavy atom. The number of ether oxygens (including phenoxy) is 2. The summed E-state index contributed by atoms with van der Waals surface area (Å²) >= 11 is 1.56. The van der Waals surface area contributed by atoms with Crippen LogP contribution < -0.4 is 15.2 Å².